The minimum atomic E-state index is 0.511. The Morgan fingerprint density at radius 2 is 1.76 bits per heavy atom. The second-order valence-electron chi connectivity index (χ2n) is 5.73. The van der Waals surface area contributed by atoms with E-state index < -0.39 is 0 Å². The van der Waals surface area contributed by atoms with Gasteiger partial charge in [0.2, 0.25) is 0 Å². The van der Waals surface area contributed by atoms with Crippen molar-refractivity contribution in [2.24, 2.45) is 0 Å². The van der Waals surface area contributed by atoms with Crippen molar-refractivity contribution < 1.29 is 4.74 Å². The van der Waals surface area contributed by atoms with E-state index in [0.29, 0.717) is 5.82 Å². The number of benzene rings is 2. The predicted molar refractivity (Wildman–Crippen MR) is 102 cm³/mol. The molecule has 5 nitrogen and oxygen atoms in total. The minimum Gasteiger partial charge on any atom is -0.497 e. The first-order valence-electron chi connectivity index (χ1n) is 7.98. The third-order valence-corrected chi connectivity index (χ3v) is 4.07. The van der Waals surface area contributed by atoms with E-state index in [1.807, 2.05) is 47.2 Å². The molecule has 0 radical (unpaired) electrons. The summed E-state index contributed by atoms with van der Waals surface area (Å²) < 4.78 is 7.22. The van der Waals surface area contributed by atoms with Crippen LogP contribution in [-0.2, 0) is 0 Å². The molecule has 0 saturated heterocycles. The van der Waals surface area contributed by atoms with Gasteiger partial charge in [-0.25, -0.2) is 4.98 Å². The molecule has 0 aliphatic rings. The third-order valence-electron chi connectivity index (χ3n) is 4.07. The molecule has 0 bridgehead atoms. The third kappa shape index (κ3) is 2.99. The molecule has 0 atom stereocenters. The van der Waals surface area contributed by atoms with Crippen LogP contribution in [0.25, 0.3) is 16.7 Å². The highest BCUT2D eigenvalue weighted by atomic mass is 16.5. The number of nitrogen functional groups attached to an aromatic ring is 1. The van der Waals surface area contributed by atoms with Gasteiger partial charge < -0.3 is 20.4 Å². The standard InChI is InChI=1S/C20H18N4O/c1-25-17-8-5-15(6-9-17)22-16-7-10-18-14(13-16)11-12-24(18)20-4-2-3-19(21)23-20/h2-13,22H,1H3,(H2,21,23). The second kappa shape index (κ2) is 6.20. The average molecular weight is 330 g/mol. The van der Waals surface area contributed by atoms with Crippen LogP contribution in [0.2, 0.25) is 0 Å². The fourth-order valence-electron chi connectivity index (χ4n) is 2.83. The van der Waals surface area contributed by atoms with E-state index in [4.69, 9.17) is 10.5 Å². The number of ether oxygens (including phenoxy) is 1. The summed E-state index contributed by atoms with van der Waals surface area (Å²) in [6.45, 7) is 0. The maximum atomic E-state index is 5.80. The number of hydrogen-bond acceptors (Lipinski definition) is 4. The van der Waals surface area contributed by atoms with Gasteiger partial charge in [-0.3, -0.25) is 0 Å². The summed E-state index contributed by atoms with van der Waals surface area (Å²) >= 11 is 0. The smallest absolute Gasteiger partial charge is 0.139 e. The molecule has 25 heavy (non-hydrogen) atoms. The highest BCUT2D eigenvalue weighted by molar-refractivity contribution is 5.86. The first-order chi connectivity index (χ1) is 12.2. The van der Waals surface area contributed by atoms with Gasteiger partial charge in [-0.2, -0.15) is 0 Å². The zero-order valence-corrected chi connectivity index (χ0v) is 13.8. The Bertz CT molecular complexity index is 1020. The average Bonchev–Trinajstić information content (AvgIpc) is 3.05. The van der Waals surface area contributed by atoms with Gasteiger partial charge in [-0.15, -0.1) is 0 Å². The van der Waals surface area contributed by atoms with Gasteiger partial charge in [0, 0.05) is 23.0 Å². The quantitative estimate of drug-likeness (QED) is 0.583. The molecule has 4 aromatic rings. The van der Waals surface area contributed by atoms with Gasteiger partial charge >= 0.3 is 0 Å². The number of nitrogens with zero attached hydrogens (tertiary/aromatic N) is 2. The van der Waals surface area contributed by atoms with Crippen LogP contribution in [0.3, 0.4) is 0 Å². The van der Waals surface area contributed by atoms with Crippen molar-refractivity contribution in [1.82, 2.24) is 9.55 Å². The molecule has 4 rings (SSSR count). The van der Waals surface area contributed by atoms with Crippen molar-refractivity contribution in [3.05, 3.63) is 72.9 Å². The van der Waals surface area contributed by atoms with Crippen molar-refractivity contribution in [3.63, 3.8) is 0 Å². The fourth-order valence-corrected chi connectivity index (χ4v) is 2.83. The van der Waals surface area contributed by atoms with Crippen LogP contribution in [0.4, 0.5) is 17.2 Å². The molecule has 5 heteroatoms. The molecule has 3 N–H and O–H groups in total. The summed E-state index contributed by atoms with van der Waals surface area (Å²) in [4.78, 5) is 4.39. The Labute approximate surface area is 145 Å². The normalized spacial score (nSPS) is 10.8. The van der Waals surface area contributed by atoms with Gasteiger partial charge in [0.1, 0.15) is 17.4 Å². The summed E-state index contributed by atoms with van der Waals surface area (Å²) in [6.07, 6.45) is 2.00. The van der Waals surface area contributed by atoms with Crippen molar-refractivity contribution >= 4 is 28.1 Å². The van der Waals surface area contributed by atoms with E-state index in [1.54, 1.807) is 13.2 Å². The van der Waals surface area contributed by atoms with Crippen LogP contribution in [-0.4, -0.2) is 16.7 Å². The van der Waals surface area contributed by atoms with Crippen molar-refractivity contribution in [2.75, 3.05) is 18.2 Å². The lowest BCUT2D eigenvalue weighted by atomic mass is 10.2. The van der Waals surface area contributed by atoms with Crippen LogP contribution >= 0.6 is 0 Å². The first kappa shape index (κ1) is 15.1. The van der Waals surface area contributed by atoms with E-state index in [-0.39, 0.29) is 0 Å². The van der Waals surface area contributed by atoms with Gasteiger partial charge in [-0.05, 0) is 60.7 Å². The predicted octanol–water partition coefficient (Wildman–Crippen LogP) is 4.36. The number of pyridine rings is 1. The Morgan fingerprint density at radius 3 is 2.52 bits per heavy atom. The van der Waals surface area contributed by atoms with Crippen LogP contribution in [0.5, 0.6) is 5.75 Å². The van der Waals surface area contributed by atoms with Crippen LogP contribution < -0.4 is 15.8 Å². The SMILES string of the molecule is COc1ccc(Nc2ccc3c(ccn3-c3cccc(N)n3)c2)cc1. The molecule has 0 spiro atoms. The Morgan fingerprint density at radius 1 is 0.960 bits per heavy atom. The van der Waals surface area contributed by atoms with Crippen molar-refractivity contribution in [3.8, 4) is 11.6 Å². The number of methoxy groups -OCH3 is 1. The molecule has 2 aromatic heterocycles. The number of rotatable bonds is 4. The number of anilines is 3. The van der Waals surface area contributed by atoms with Gasteiger partial charge in [0.25, 0.3) is 0 Å². The summed E-state index contributed by atoms with van der Waals surface area (Å²) in [6, 6.07) is 21.8. The molecular formula is C20H18N4O. The highest BCUT2D eigenvalue weighted by Crippen LogP contribution is 2.26. The van der Waals surface area contributed by atoms with Crippen LogP contribution in [0.1, 0.15) is 0 Å². The van der Waals surface area contributed by atoms with Crippen molar-refractivity contribution in [2.45, 2.75) is 0 Å². The van der Waals surface area contributed by atoms with E-state index >= 15 is 0 Å². The zero-order valence-electron chi connectivity index (χ0n) is 13.8. The van der Waals surface area contributed by atoms with E-state index in [1.165, 1.54) is 0 Å². The summed E-state index contributed by atoms with van der Waals surface area (Å²) in [5.41, 5.74) is 8.91. The largest absolute Gasteiger partial charge is 0.497 e. The summed E-state index contributed by atoms with van der Waals surface area (Å²) in [7, 11) is 1.66. The molecule has 0 unspecified atom stereocenters. The Balaban J connectivity index is 1.65. The number of fused-ring (bicyclic) bond motifs is 1. The second-order valence-corrected chi connectivity index (χ2v) is 5.73. The molecular weight excluding hydrogens is 312 g/mol. The maximum absolute atomic E-state index is 5.80. The Kier molecular flexibility index (Phi) is 3.74. The Hall–Kier alpha value is -3.47. The molecule has 124 valence electrons. The minimum absolute atomic E-state index is 0.511. The summed E-state index contributed by atoms with van der Waals surface area (Å²) in [5, 5.41) is 4.53. The zero-order chi connectivity index (χ0) is 17.2. The van der Waals surface area contributed by atoms with Gasteiger partial charge in [-0.1, -0.05) is 6.07 Å². The molecule has 0 saturated carbocycles. The number of nitrogens with two attached hydrogens (primary N) is 1. The lowest BCUT2D eigenvalue weighted by Gasteiger charge is -2.09. The first-order valence-corrected chi connectivity index (χ1v) is 7.98. The molecule has 2 aromatic carbocycles. The monoisotopic (exact) mass is 330 g/mol. The molecule has 0 fully saturated rings. The fraction of sp³-hybridized carbons (Fsp3) is 0.0500. The van der Waals surface area contributed by atoms with E-state index in [2.05, 4.69) is 34.6 Å². The molecule has 0 aliphatic heterocycles. The van der Waals surface area contributed by atoms with Crippen molar-refractivity contribution in [1.29, 1.82) is 0 Å². The number of nitrogens with one attached hydrogen (secondary N) is 1. The molecule has 0 aliphatic carbocycles. The number of aromatic nitrogens is 2. The van der Waals surface area contributed by atoms with Crippen LogP contribution in [0.15, 0.2) is 72.9 Å². The lowest BCUT2D eigenvalue weighted by molar-refractivity contribution is 0.415. The maximum Gasteiger partial charge on any atom is 0.139 e. The van der Waals surface area contributed by atoms with E-state index in [9.17, 15) is 0 Å². The lowest BCUT2D eigenvalue weighted by Crippen LogP contribution is -1.98. The highest BCUT2D eigenvalue weighted by Gasteiger charge is 2.06. The molecule has 0 amide bonds. The van der Waals surface area contributed by atoms with Gasteiger partial charge in [0.05, 0.1) is 12.6 Å². The van der Waals surface area contributed by atoms with Crippen LogP contribution in [0, 0.1) is 0 Å². The number of hydrogen-bond donors (Lipinski definition) is 2. The van der Waals surface area contributed by atoms with Gasteiger partial charge in [0.15, 0.2) is 0 Å². The van der Waals surface area contributed by atoms with E-state index in [0.717, 1.165) is 33.8 Å². The molecule has 2 heterocycles. The summed E-state index contributed by atoms with van der Waals surface area (Å²) in [5.74, 6) is 2.16. The topological polar surface area (TPSA) is 65.1 Å².